The maximum atomic E-state index is 14.3. The van der Waals surface area contributed by atoms with Crippen LogP contribution in [0.5, 0.6) is 0 Å². The van der Waals surface area contributed by atoms with Gasteiger partial charge in [-0.1, -0.05) is 17.7 Å². The van der Waals surface area contributed by atoms with E-state index in [9.17, 15) is 12.8 Å². The van der Waals surface area contributed by atoms with Crippen molar-refractivity contribution in [1.82, 2.24) is 4.31 Å². The van der Waals surface area contributed by atoms with E-state index >= 15 is 0 Å². The number of hydrogen-bond acceptors (Lipinski definition) is 3. The summed E-state index contributed by atoms with van der Waals surface area (Å²) in [7, 11) is -4.11. The zero-order valence-corrected chi connectivity index (χ0v) is 15.1. The standard InChI is InChI=1S/C13H17BrClFN2O2S/c1-5-6-18(13(2,3)4)21(19,20)9-7-8(15)10(14)12(17)11(9)16/h5,7H,1,6,17H2,2-4H3. The van der Waals surface area contributed by atoms with Gasteiger partial charge in [0.15, 0.2) is 5.82 Å². The second-order valence-electron chi connectivity index (χ2n) is 5.39. The average Bonchev–Trinajstić information content (AvgIpc) is 2.35. The van der Waals surface area contributed by atoms with Gasteiger partial charge >= 0.3 is 0 Å². The summed E-state index contributed by atoms with van der Waals surface area (Å²) in [5.41, 5.74) is 4.46. The summed E-state index contributed by atoms with van der Waals surface area (Å²) in [6, 6.07) is 1.05. The quantitative estimate of drug-likeness (QED) is 0.476. The minimum Gasteiger partial charge on any atom is -0.395 e. The first-order chi connectivity index (χ1) is 9.44. The SMILES string of the molecule is C=CCN(C(C)(C)C)S(=O)(=O)c1cc(Cl)c(Br)c(N)c1F. The van der Waals surface area contributed by atoms with Crippen LogP contribution in [-0.2, 0) is 10.0 Å². The topological polar surface area (TPSA) is 63.4 Å². The van der Waals surface area contributed by atoms with Crippen molar-refractivity contribution < 1.29 is 12.8 Å². The van der Waals surface area contributed by atoms with E-state index < -0.39 is 26.3 Å². The molecular formula is C13H17BrClFN2O2S. The Balaban J connectivity index is 3.60. The van der Waals surface area contributed by atoms with Crippen molar-refractivity contribution in [3.05, 3.63) is 34.0 Å². The first kappa shape index (κ1) is 18.4. The first-order valence-electron chi connectivity index (χ1n) is 6.01. The molecule has 0 heterocycles. The molecule has 118 valence electrons. The van der Waals surface area contributed by atoms with Gasteiger partial charge in [0.25, 0.3) is 0 Å². The molecule has 1 rings (SSSR count). The van der Waals surface area contributed by atoms with Gasteiger partial charge in [-0.25, -0.2) is 12.8 Å². The van der Waals surface area contributed by atoms with Crippen LogP contribution in [0, 0.1) is 5.82 Å². The second kappa shape index (κ2) is 6.24. The average molecular weight is 400 g/mol. The Hall–Kier alpha value is -0.630. The Bertz CT molecular complexity index is 672. The number of rotatable bonds is 4. The maximum absolute atomic E-state index is 14.3. The summed E-state index contributed by atoms with van der Waals surface area (Å²) >= 11 is 8.91. The predicted octanol–water partition coefficient (Wildman–Crippen LogP) is 3.80. The van der Waals surface area contributed by atoms with Crippen LogP contribution in [0.15, 0.2) is 28.1 Å². The summed E-state index contributed by atoms with van der Waals surface area (Å²) in [6.07, 6.45) is 1.44. The number of nitrogens with two attached hydrogens (primary N) is 1. The molecule has 0 atom stereocenters. The zero-order chi connectivity index (χ0) is 16.6. The van der Waals surface area contributed by atoms with E-state index in [-0.39, 0.29) is 21.7 Å². The molecule has 0 radical (unpaired) electrons. The van der Waals surface area contributed by atoms with Gasteiger partial charge in [-0.2, -0.15) is 4.31 Å². The van der Waals surface area contributed by atoms with E-state index in [1.165, 1.54) is 6.08 Å². The number of nitrogens with zero attached hydrogens (tertiary/aromatic N) is 1. The van der Waals surface area contributed by atoms with Crippen LogP contribution in [0.25, 0.3) is 0 Å². The number of nitrogen functional groups attached to an aromatic ring is 1. The lowest BCUT2D eigenvalue weighted by molar-refractivity contribution is 0.269. The molecule has 0 aliphatic rings. The highest BCUT2D eigenvalue weighted by molar-refractivity contribution is 9.10. The summed E-state index contributed by atoms with van der Waals surface area (Å²) in [5, 5.41) is 0.0277. The third kappa shape index (κ3) is 3.59. The molecule has 0 unspecified atom stereocenters. The smallest absolute Gasteiger partial charge is 0.246 e. The van der Waals surface area contributed by atoms with Gasteiger partial charge in [0.2, 0.25) is 10.0 Å². The van der Waals surface area contributed by atoms with Crippen molar-refractivity contribution in [1.29, 1.82) is 0 Å². The molecule has 0 saturated carbocycles. The van der Waals surface area contributed by atoms with Crippen LogP contribution in [0.2, 0.25) is 5.02 Å². The van der Waals surface area contributed by atoms with Crippen LogP contribution in [0.1, 0.15) is 20.8 Å². The lowest BCUT2D eigenvalue weighted by Crippen LogP contribution is -2.45. The normalized spacial score (nSPS) is 12.7. The van der Waals surface area contributed by atoms with E-state index in [0.29, 0.717) is 0 Å². The Labute approximate surface area is 137 Å². The molecule has 0 fully saturated rings. The van der Waals surface area contributed by atoms with E-state index in [2.05, 4.69) is 22.5 Å². The van der Waals surface area contributed by atoms with Gasteiger partial charge in [0.05, 0.1) is 15.2 Å². The highest BCUT2D eigenvalue weighted by atomic mass is 79.9. The molecular weight excluding hydrogens is 383 g/mol. The Morgan fingerprint density at radius 1 is 1.52 bits per heavy atom. The molecule has 0 aliphatic heterocycles. The molecule has 0 amide bonds. The minimum absolute atomic E-state index is 0.0277. The van der Waals surface area contributed by atoms with E-state index in [0.717, 1.165) is 10.4 Å². The number of halogens is 3. The molecule has 8 heteroatoms. The van der Waals surface area contributed by atoms with Gasteiger partial charge in [0.1, 0.15) is 4.90 Å². The van der Waals surface area contributed by atoms with Crippen LogP contribution in [-0.4, -0.2) is 24.8 Å². The second-order valence-corrected chi connectivity index (χ2v) is 8.42. The first-order valence-corrected chi connectivity index (χ1v) is 8.62. The minimum atomic E-state index is -4.11. The summed E-state index contributed by atoms with van der Waals surface area (Å²) in [4.78, 5) is -0.551. The molecule has 0 spiro atoms. The molecule has 0 bridgehead atoms. The van der Waals surface area contributed by atoms with Crippen molar-refractivity contribution >= 4 is 43.2 Å². The van der Waals surface area contributed by atoms with Crippen LogP contribution < -0.4 is 5.73 Å². The van der Waals surface area contributed by atoms with Crippen LogP contribution in [0.3, 0.4) is 0 Å². The fourth-order valence-corrected chi connectivity index (χ4v) is 4.18. The van der Waals surface area contributed by atoms with E-state index in [1.54, 1.807) is 20.8 Å². The molecule has 0 aromatic heterocycles. The van der Waals surface area contributed by atoms with Gasteiger partial charge in [0, 0.05) is 12.1 Å². The Kier molecular flexibility index (Phi) is 5.47. The lowest BCUT2D eigenvalue weighted by Gasteiger charge is -2.33. The molecule has 1 aromatic carbocycles. The maximum Gasteiger partial charge on any atom is 0.246 e. The highest BCUT2D eigenvalue weighted by Crippen LogP contribution is 2.36. The fourth-order valence-electron chi connectivity index (χ4n) is 1.76. The molecule has 2 N–H and O–H groups in total. The van der Waals surface area contributed by atoms with Gasteiger partial charge in [-0.15, -0.1) is 6.58 Å². The Morgan fingerprint density at radius 3 is 2.48 bits per heavy atom. The monoisotopic (exact) mass is 398 g/mol. The number of anilines is 1. The van der Waals surface area contributed by atoms with Crippen LogP contribution in [0.4, 0.5) is 10.1 Å². The van der Waals surface area contributed by atoms with Crippen molar-refractivity contribution in [2.45, 2.75) is 31.2 Å². The van der Waals surface area contributed by atoms with Crippen molar-refractivity contribution in [2.24, 2.45) is 0 Å². The summed E-state index contributed by atoms with van der Waals surface area (Å²) in [5.74, 6) is -1.02. The molecule has 0 saturated heterocycles. The fraction of sp³-hybridized carbons (Fsp3) is 0.385. The van der Waals surface area contributed by atoms with Gasteiger partial charge in [-0.05, 0) is 42.8 Å². The summed E-state index contributed by atoms with van der Waals surface area (Å²) < 4.78 is 41.0. The molecule has 4 nitrogen and oxygen atoms in total. The molecule has 0 aliphatic carbocycles. The van der Waals surface area contributed by atoms with E-state index in [4.69, 9.17) is 17.3 Å². The van der Waals surface area contributed by atoms with Gasteiger partial charge in [-0.3, -0.25) is 0 Å². The molecule has 1 aromatic rings. The van der Waals surface area contributed by atoms with E-state index in [1.807, 2.05) is 0 Å². The van der Waals surface area contributed by atoms with Crippen molar-refractivity contribution in [3.63, 3.8) is 0 Å². The number of sulfonamides is 1. The zero-order valence-electron chi connectivity index (χ0n) is 12.0. The molecule has 21 heavy (non-hydrogen) atoms. The van der Waals surface area contributed by atoms with Gasteiger partial charge < -0.3 is 5.73 Å². The largest absolute Gasteiger partial charge is 0.395 e. The highest BCUT2D eigenvalue weighted by Gasteiger charge is 2.36. The third-order valence-electron chi connectivity index (χ3n) is 2.77. The third-order valence-corrected chi connectivity index (χ3v) is 6.28. The summed E-state index contributed by atoms with van der Waals surface area (Å²) in [6.45, 7) is 8.69. The number of benzene rings is 1. The number of hydrogen-bond donors (Lipinski definition) is 1. The van der Waals surface area contributed by atoms with Crippen LogP contribution >= 0.6 is 27.5 Å². The van der Waals surface area contributed by atoms with Crippen molar-refractivity contribution in [2.75, 3.05) is 12.3 Å². The Morgan fingerprint density at radius 2 is 2.05 bits per heavy atom. The predicted molar refractivity (Wildman–Crippen MR) is 87.4 cm³/mol. The lowest BCUT2D eigenvalue weighted by atomic mass is 10.1. The van der Waals surface area contributed by atoms with Crippen molar-refractivity contribution in [3.8, 4) is 0 Å².